The third-order valence-electron chi connectivity index (χ3n) is 5.89. The van der Waals surface area contributed by atoms with Crippen molar-refractivity contribution in [2.45, 2.75) is 25.7 Å². The third kappa shape index (κ3) is 4.60. The van der Waals surface area contributed by atoms with Crippen LogP contribution in [0.4, 0.5) is 14.5 Å². The fourth-order valence-corrected chi connectivity index (χ4v) is 4.95. The van der Waals surface area contributed by atoms with Crippen molar-refractivity contribution in [2.24, 2.45) is 0 Å². The summed E-state index contributed by atoms with van der Waals surface area (Å²) < 4.78 is 30.8. The number of carbonyl (C=O) groups is 2. The van der Waals surface area contributed by atoms with Gasteiger partial charge in [-0.15, -0.1) is 11.3 Å². The van der Waals surface area contributed by atoms with Gasteiger partial charge in [-0.25, -0.2) is 18.6 Å². The van der Waals surface area contributed by atoms with Crippen LogP contribution in [-0.4, -0.2) is 42.3 Å². The molecule has 1 aliphatic heterocycles. The summed E-state index contributed by atoms with van der Waals surface area (Å²) in [6.45, 7) is 1.56. The lowest BCUT2D eigenvalue weighted by atomic mass is 9.97. The fourth-order valence-electron chi connectivity index (χ4n) is 4.10. The Morgan fingerprint density at radius 1 is 1.26 bits per heavy atom. The molecule has 0 fully saturated rings. The van der Waals surface area contributed by atoms with Gasteiger partial charge >= 0.3 is 0 Å². The van der Waals surface area contributed by atoms with Crippen LogP contribution in [0.15, 0.2) is 71.3 Å². The second-order valence-electron chi connectivity index (χ2n) is 8.08. The molecule has 180 valence electrons. The SMILES string of the molecule is CNC(=O)C=C1c2ccccc2N(N(C(=O)c2sccc2C)C2=CC=CCC2=C=O)CCC1(F)F. The number of likely N-dealkylation sites (N-methyl/N-ethyl adjacent to an activating group) is 1. The molecule has 1 aromatic heterocycles. The lowest BCUT2D eigenvalue weighted by molar-refractivity contribution is -0.116. The molecule has 0 bridgehead atoms. The largest absolute Gasteiger partial charge is 0.356 e. The number of halogens is 2. The Kier molecular flexibility index (Phi) is 6.82. The molecule has 2 aliphatic rings. The summed E-state index contributed by atoms with van der Waals surface area (Å²) in [4.78, 5) is 38.2. The molecule has 2 amide bonds. The highest BCUT2D eigenvalue weighted by atomic mass is 32.1. The summed E-state index contributed by atoms with van der Waals surface area (Å²) in [6.07, 6.45) is 5.59. The van der Waals surface area contributed by atoms with Gasteiger partial charge in [-0.2, -0.15) is 0 Å². The summed E-state index contributed by atoms with van der Waals surface area (Å²) in [5.74, 6) is -2.53. The van der Waals surface area contributed by atoms with Crippen LogP contribution in [0.2, 0.25) is 0 Å². The maximum Gasteiger partial charge on any atom is 0.287 e. The van der Waals surface area contributed by atoms with Crippen molar-refractivity contribution in [1.82, 2.24) is 10.3 Å². The molecule has 2 heterocycles. The number of hydrogen-bond donors (Lipinski definition) is 1. The van der Waals surface area contributed by atoms with Gasteiger partial charge in [0, 0.05) is 43.6 Å². The number of amides is 2. The lowest BCUT2D eigenvalue weighted by Crippen LogP contribution is -2.47. The highest BCUT2D eigenvalue weighted by molar-refractivity contribution is 7.12. The molecule has 0 unspecified atom stereocenters. The topological polar surface area (TPSA) is 69.7 Å². The van der Waals surface area contributed by atoms with E-state index in [9.17, 15) is 14.4 Å². The summed E-state index contributed by atoms with van der Waals surface area (Å²) in [7, 11) is 1.37. The zero-order valence-electron chi connectivity index (χ0n) is 19.2. The first kappa shape index (κ1) is 24.3. The number of nitrogens with one attached hydrogen (secondary N) is 1. The lowest BCUT2D eigenvalue weighted by Gasteiger charge is -2.38. The van der Waals surface area contributed by atoms with E-state index in [1.807, 2.05) is 5.94 Å². The number of aryl methyl sites for hydroxylation is 1. The van der Waals surface area contributed by atoms with Crippen molar-refractivity contribution >= 4 is 40.4 Å². The number of fused-ring (bicyclic) bond motifs is 1. The second kappa shape index (κ2) is 9.82. The van der Waals surface area contributed by atoms with Crippen molar-refractivity contribution < 1.29 is 23.2 Å². The Morgan fingerprint density at radius 2 is 2.03 bits per heavy atom. The van der Waals surface area contributed by atoms with Gasteiger partial charge in [-0.05, 0) is 36.1 Å². The normalized spacial score (nSPS) is 17.8. The number of carbonyl (C=O) groups excluding carboxylic acids is 3. The maximum atomic E-state index is 15.4. The van der Waals surface area contributed by atoms with Gasteiger partial charge < -0.3 is 5.32 Å². The summed E-state index contributed by atoms with van der Waals surface area (Å²) in [6, 6.07) is 8.21. The van der Waals surface area contributed by atoms with E-state index in [1.54, 1.807) is 54.8 Å². The van der Waals surface area contributed by atoms with Crippen molar-refractivity contribution in [2.75, 3.05) is 18.6 Å². The summed E-state index contributed by atoms with van der Waals surface area (Å²) in [5.41, 5.74) is 1.27. The van der Waals surface area contributed by atoms with Crippen LogP contribution < -0.4 is 10.3 Å². The quantitative estimate of drug-likeness (QED) is 0.494. The number of benzene rings is 1. The Balaban J connectivity index is 1.95. The number of rotatable bonds is 4. The zero-order chi connectivity index (χ0) is 25.2. The number of hydrogen-bond acceptors (Lipinski definition) is 5. The standard InChI is InChI=1S/C26H23F2N3O3S/c1-17-11-14-35-24(17)25(34)31(21-9-5-3-7-18(21)16-32)30-13-12-26(27,28)20(15-23(33)29-2)19-8-4-6-10-22(19)30/h3-6,8-11,14-15H,7,12-13H2,1-2H3,(H,29,33). The first-order chi connectivity index (χ1) is 16.8. The molecular formula is C26H23F2N3O3S. The monoisotopic (exact) mass is 495 g/mol. The van der Waals surface area contributed by atoms with E-state index in [0.717, 1.165) is 11.6 Å². The van der Waals surface area contributed by atoms with Gasteiger partial charge in [-0.3, -0.25) is 14.6 Å². The summed E-state index contributed by atoms with van der Waals surface area (Å²) >= 11 is 1.24. The van der Waals surface area contributed by atoms with Crippen LogP contribution in [0.25, 0.3) is 5.57 Å². The van der Waals surface area contributed by atoms with Gasteiger partial charge in [0.1, 0.15) is 5.94 Å². The highest BCUT2D eigenvalue weighted by Gasteiger charge is 2.43. The van der Waals surface area contributed by atoms with Crippen LogP contribution in [-0.2, 0) is 9.59 Å². The van der Waals surface area contributed by atoms with E-state index in [4.69, 9.17) is 0 Å². The Hall–Kier alpha value is -3.81. The number of nitrogens with zero attached hydrogens (tertiary/aromatic N) is 2. The maximum absolute atomic E-state index is 15.4. The smallest absolute Gasteiger partial charge is 0.287 e. The van der Waals surface area contributed by atoms with Gasteiger partial charge in [-0.1, -0.05) is 30.4 Å². The van der Waals surface area contributed by atoms with Crippen LogP contribution in [0.3, 0.4) is 0 Å². The Labute approximate surface area is 205 Å². The van der Waals surface area contributed by atoms with Crippen LogP contribution in [0.1, 0.15) is 33.6 Å². The fraction of sp³-hybridized carbons (Fsp3) is 0.231. The number of alkyl halides is 2. The Bertz CT molecular complexity index is 1320. The van der Waals surface area contributed by atoms with E-state index >= 15 is 8.78 Å². The molecule has 9 heteroatoms. The van der Waals surface area contributed by atoms with Crippen LogP contribution in [0, 0.1) is 6.92 Å². The second-order valence-corrected chi connectivity index (χ2v) is 9.00. The minimum Gasteiger partial charge on any atom is -0.356 e. The number of para-hydroxylation sites is 1. The predicted octanol–water partition coefficient (Wildman–Crippen LogP) is 4.69. The molecule has 4 rings (SSSR count). The molecule has 0 spiro atoms. The van der Waals surface area contributed by atoms with E-state index in [0.29, 0.717) is 10.6 Å². The molecule has 2 aromatic rings. The molecular weight excluding hydrogens is 472 g/mol. The van der Waals surface area contributed by atoms with Crippen molar-refractivity contribution in [3.05, 3.63) is 87.3 Å². The van der Waals surface area contributed by atoms with E-state index in [1.165, 1.54) is 34.5 Å². The van der Waals surface area contributed by atoms with Gasteiger partial charge in [0.2, 0.25) is 5.91 Å². The predicted molar refractivity (Wildman–Crippen MR) is 132 cm³/mol. The number of anilines is 1. The molecule has 0 saturated heterocycles. The number of allylic oxidation sites excluding steroid dienone is 5. The Morgan fingerprint density at radius 3 is 2.71 bits per heavy atom. The zero-order valence-corrected chi connectivity index (χ0v) is 20.0. The van der Waals surface area contributed by atoms with Gasteiger partial charge in [0.15, 0.2) is 0 Å². The van der Waals surface area contributed by atoms with Gasteiger partial charge in [0.25, 0.3) is 11.8 Å². The minimum atomic E-state index is -3.34. The van der Waals surface area contributed by atoms with Crippen LogP contribution in [0.5, 0.6) is 0 Å². The van der Waals surface area contributed by atoms with Gasteiger partial charge in [0.05, 0.1) is 21.8 Å². The number of thiophene rings is 1. The van der Waals surface area contributed by atoms with Crippen molar-refractivity contribution in [1.29, 1.82) is 0 Å². The highest BCUT2D eigenvalue weighted by Crippen LogP contribution is 2.44. The van der Waals surface area contributed by atoms with Crippen molar-refractivity contribution in [3.63, 3.8) is 0 Å². The molecule has 1 aliphatic carbocycles. The molecule has 6 nitrogen and oxygen atoms in total. The van der Waals surface area contributed by atoms with E-state index in [-0.39, 0.29) is 29.8 Å². The molecule has 0 atom stereocenters. The molecule has 0 saturated carbocycles. The van der Waals surface area contributed by atoms with Crippen molar-refractivity contribution in [3.8, 4) is 0 Å². The molecule has 0 radical (unpaired) electrons. The first-order valence-electron chi connectivity index (χ1n) is 11.0. The molecule has 35 heavy (non-hydrogen) atoms. The minimum absolute atomic E-state index is 0.128. The molecule has 1 aromatic carbocycles. The van der Waals surface area contributed by atoms with Crippen LogP contribution >= 0.6 is 11.3 Å². The van der Waals surface area contributed by atoms with E-state index in [2.05, 4.69) is 5.32 Å². The summed E-state index contributed by atoms with van der Waals surface area (Å²) in [5, 5.41) is 6.90. The molecule has 1 N–H and O–H groups in total. The third-order valence-corrected chi connectivity index (χ3v) is 6.89. The van der Waals surface area contributed by atoms with E-state index < -0.39 is 29.7 Å². The first-order valence-corrected chi connectivity index (χ1v) is 11.8. The average molecular weight is 496 g/mol. The average Bonchev–Trinajstić information content (AvgIpc) is 3.26. The number of hydrazine groups is 1.